The summed E-state index contributed by atoms with van der Waals surface area (Å²) in [6, 6.07) is 16.1. The van der Waals surface area contributed by atoms with Crippen molar-refractivity contribution in [3.63, 3.8) is 0 Å². The first-order valence-electron chi connectivity index (χ1n) is 9.83. The molecule has 0 amide bonds. The molecule has 0 N–H and O–H groups in total. The second-order valence-corrected chi connectivity index (χ2v) is 8.76. The molecule has 0 aliphatic heterocycles. The second kappa shape index (κ2) is 9.98. The van der Waals surface area contributed by atoms with Crippen LogP contribution in [0.3, 0.4) is 0 Å². The van der Waals surface area contributed by atoms with Crippen molar-refractivity contribution >= 4 is 23.1 Å². The maximum Gasteiger partial charge on any atom is 0.276 e. The first kappa shape index (κ1) is 21.4. The normalized spacial score (nSPS) is 12.0. The Morgan fingerprint density at radius 1 is 1.06 bits per heavy atom. The number of aromatic nitrogens is 3. The largest absolute Gasteiger partial charge is 0.497 e. The molecule has 4 rings (SSSR count). The van der Waals surface area contributed by atoms with E-state index in [0.29, 0.717) is 22.8 Å². The third kappa shape index (κ3) is 5.26. The highest BCUT2D eigenvalue weighted by atomic mass is 32.2. The Balaban J connectivity index is 1.37. The van der Waals surface area contributed by atoms with Crippen molar-refractivity contribution in [3.8, 4) is 22.1 Å². The number of thiazole rings is 1. The van der Waals surface area contributed by atoms with E-state index in [-0.39, 0.29) is 0 Å². The van der Waals surface area contributed by atoms with E-state index in [1.54, 1.807) is 25.6 Å². The van der Waals surface area contributed by atoms with Crippen LogP contribution in [-0.4, -0.2) is 29.4 Å². The Labute approximate surface area is 189 Å². The van der Waals surface area contributed by atoms with Gasteiger partial charge in [-0.1, -0.05) is 49.0 Å². The van der Waals surface area contributed by atoms with Crippen molar-refractivity contribution in [2.75, 3.05) is 14.2 Å². The lowest BCUT2D eigenvalue weighted by Crippen LogP contribution is -1.98. The van der Waals surface area contributed by atoms with Crippen LogP contribution >= 0.6 is 23.1 Å². The Morgan fingerprint density at radius 2 is 1.90 bits per heavy atom. The fourth-order valence-corrected chi connectivity index (χ4v) is 4.78. The van der Waals surface area contributed by atoms with E-state index < -0.39 is 0 Å². The quantitative estimate of drug-likeness (QED) is 0.294. The zero-order chi connectivity index (χ0) is 21.6. The van der Waals surface area contributed by atoms with E-state index in [4.69, 9.17) is 18.9 Å². The van der Waals surface area contributed by atoms with Gasteiger partial charge in [0.2, 0.25) is 5.89 Å². The van der Waals surface area contributed by atoms with Gasteiger partial charge in [-0.3, -0.25) is 0 Å². The molecule has 4 aromatic rings. The molecule has 160 valence electrons. The zero-order valence-corrected chi connectivity index (χ0v) is 19.2. The number of methoxy groups -OCH3 is 2. The van der Waals surface area contributed by atoms with Crippen molar-refractivity contribution in [2.24, 2.45) is 0 Å². The van der Waals surface area contributed by atoms with Gasteiger partial charge in [0.1, 0.15) is 16.5 Å². The van der Waals surface area contributed by atoms with Crippen LogP contribution in [0.4, 0.5) is 0 Å². The Bertz CT molecular complexity index is 1130. The van der Waals surface area contributed by atoms with Gasteiger partial charge in [0.25, 0.3) is 5.22 Å². The monoisotopic (exact) mass is 453 g/mol. The van der Waals surface area contributed by atoms with E-state index in [9.17, 15) is 0 Å². The highest BCUT2D eigenvalue weighted by Gasteiger charge is 2.15. The summed E-state index contributed by atoms with van der Waals surface area (Å²) in [4.78, 5) is 4.74. The summed E-state index contributed by atoms with van der Waals surface area (Å²) in [6.45, 7) is 2.16. The molecule has 2 aromatic heterocycles. The summed E-state index contributed by atoms with van der Waals surface area (Å²) in [5, 5.41) is 11.9. The summed E-state index contributed by atoms with van der Waals surface area (Å²) < 4.78 is 16.6. The van der Waals surface area contributed by atoms with Crippen molar-refractivity contribution in [1.29, 1.82) is 0 Å². The summed E-state index contributed by atoms with van der Waals surface area (Å²) in [5.74, 6) is 3.12. The number of benzene rings is 2. The van der Waals surface area contributed by atoms with Crippen LogP contribution in [0.15, 0.2) is 63.6 Å². The number of hydrogen-bond acceptors (Lipinski definition) is 8. The fraction of sp³-hybridized carbons (Fsp3) is 0.261. The molecule has 2 heterocycles. The molecule has 0 aliphatic rings. The molecule has 0 saturated carbocycles. The van der Waals surface area contributed by atoms with Gasteiger partial charge in [-0.2, -0.15) is 0 Å². The lowest BCUT2D eigenvalue weighted by atomic mass is 9.98. The van der Waals surface area contributed by atoms with Crippen molar-refractivity contribution < 1.29 is 13.9 Å². The lowest BCUT2D eigenvalue weighted by Gasteiger charge is -2.08. The van der Waals surface area contributed by atoms with Crippen LogP contribution in [-0.2, 0) is 12.2 Å². The maximum absolute atomic E-state index is 5.83. The number of thioether (sulfide) groups is 1. The standard InChI is InChI=1S/C23H23N3O3S2/c1-15(16-7-5-4-6-8-16)11-21-25-26-23(29-21)31-14-17-13-30-22(24-17)19-10-9-18(27-2)12-20(19)28-3/h4-10,12-13,15H,11,14H2,1-3H3. The molecule has 0 radical (unpaired) electrons. The minimum absolute atomic E-state index is 0.320. The Morgan fingerprint density at radius 3 is 2.68 bits per heavy atom. The average Bonchev–Trinajstić information content (AvgIpc) is 3.47. The fourth-order valence-electron chi connectivity index (χ4n) is 3.15. The van der Waals surface area contributed by atoms with E-state index in [2.05, 4.69) is 29.3 Å². The van der Waals surface area contributed by atoms with Crippen LogP contribution < -0.4 is 9.47 Å². The molecular formula is C23H23N3O3S2. The molecule has 0 spiro atoms. The first-order chi connectivity index (χ1) is 15.2. The SMILES string of the molecule is COc1ccc(-c2nc(CSc3nnc(CC(C)c4ccccc4)o3)cs2)c(OC)c1. The van der Waals surface area contributed by atoms with Gasteiger partial charge in [-0.15, -0.1) is 21.5 Å². The molecule has 2 aromatic carbocycles. The predicted molar refractivity (Wildman–Crippen MR) is 123 cm³/mol. The minimum Gasteiger partial charge on any atom is -0.497 e. The van der Waals surface area contributed by atoms with E-state index in [1.807, 2.05) is 41.8 Å². The molecule has 0 fully saturated rings. The van der Waals surface area contributed by atoms with Gasteiger partial charge in [-0.05, 0) is 23.6 Å². The third-order valence-corrected chi connectivity index (χ3v) is 6.61. The number of nitrogens with zero attached hydrogens (tertiary/aromatic N) is 3. The van der Waals surface area contributed by atoms with Gasteiger partial charge in [0, 0.05) is 23.6 Å². The van der Waals surface area contributed by atoms with Gasteiger partial charge < -0.3 is 13.9 Å². The van der Waals surface area contributed by atoms with Crippen molar-refractivity contribution in [1.82, 2.24) is 15.2 Å². The summed E-state index contributed by atoms with van der Waals surface area (Å²) in [5.41, 5.74) is 3.17. The van der Waals surface area contributed by atoms with Gasteiger partial charge in [-0.25, -0.2) is 4.98 Å². The van der Waals surface area contributed by atoms with Crippen LogP contribution in [0.25, 0.3) is 10.6 Å². The number of rotatable bonds is 9. The van der Waals surface area contributed by atoms with Gasteiger partial charge in [0.15, 0.2) is 0 Å². The zero-order valence-electron chi connectivity index (χ0n) is 17.6. The van der Waals surface area contributed by atoms with Crippen molar-refractivity contribution in [2.45, 2.75) is 30.2 Å². The van der Waals surface area contributed by atoms with Crippen LogP contribution in [0.1, 0.15) is 30.0 Å². The van der Waals surface area contributed by atoms with Crippen molar-refractivity contribution in [3.05, 3.63) is 71.1 Å². The molecule has 6 nitrogen and oxygen atoms in total. The summed E-state index contributed by atoms with van der Waals surface area (Å²) >= 11 is 3.07. The highest BCUT2D eigenvalue weighted by Crippen LogP contribution is 2.36. The summed E-state index contributed by atoms with van der Waals surface area (Å²) in [6.07, 6.45) is 0.718. The molecule has 0 aliphatic carbocycles. The van der Waals surface area contributed by atoms with Crippen LogP contribution in [0, 0.1) is 0 Å². The third-order valence-electron chi connectivity index (χ3n) is 4.83. The topological polar surface area (TPSA) is 70.3 Å². The lowest BCUT2D eigenvalue weighted by molar-refractivity contribution is 0.395. The second-order valence-electron chi connectivity index (χ2n) is 6.98. The van der Waals surface area contributed by atoms with E-state index in [1.165, 1.54) is 17.3 Å². The smallest absolute Gasteiger partial charge is 0.276 e. The van der Waals surface area contributed by atoms with Gasteiger partial charge >= 0.3 is 0 Å². The predicted octanol–water partition coefficient (Wildman–Crippen LogP) is 5.85. The first-order valence-corrected chi connectivity index (χ1v) is 11.7. The molecule has 1 atom stereocenters. The average molecular weight is 454 g/mol. The van der Waals surface area contributed by atoms with E-state index >= 15 is 0 Å². The number of ether oxygens (including phenoxy) is 2. The molecule has 0 saturated heterocycles. The molecule has 1 unspecified atom stereocenters. The molecule has 8 heteroatoms. The Hall–Kier alpha value is -2.84. The molecule has 31 heavy (non-hydrogen) atoms. The van der Waals surface area contributed by atoms with E-state index in [0.717, 1.165) is 34.2 Å². The van der Waals surface area contributed by atoms with Crippen LogP contribution in [0.5, 0.6) is 11.5 Å². The molecule has 0 bridgehead atoms. The molecular weight excluding hydrogens is 430 g/mol. The van der Waals surface area contributed by atoms with Gasteiger partial charge in [0.05, 0.1) is 25.5 Å². The summed E-state index contributed by atoms with van der Waals surface area (Å²) in [7, 11) is 3.28. The highest BCUT2D eigenvalue weighted by molar-refractivity contribution is 7.98. The number of hydrogen-bond donors (Lipinski definition) is 0. The van der Waals surface area contributed by atoms with Crippen LogP contribution in [0.2, 0.25) is 0 Å². The maximum atomic E-state index is 5.83. The minimum atomic E-state index is 0.320. The Kier molecular flexibility index (Phi) is 6.89.